The predicted molar refractivity (Wildman–Crippen MR) is 90.2 cm³/mol. The molecule has 2 unspecified atom stereocenters. The van der Waals surface area contributed by atoms with Crippen molar-refractivity contribution >= 4 is 17.2 Å². The van der Waals surface area contributed by atoms with Crippen LogP contribution in [-0.2, 0) is 4.79 Å². The number of Topliss-reactive ketones (excluding diaryl/α,β-unsaturated/α-hetero) is 1. The van der Waals surface area contributed by atoms with E-state index in [0.29, 0.717) is 12.3 Å². The normalized spacial score (nSPS) is 20.9. The summed E-state index contributed by atoms with van der Waals surface area (Å²) in [4.78, 5) is 26.0. The molecule has 1 aromatic carbocycles. The summed E-state index contributed by atoms with van der Waals surface area (Å²) in [5.41, 5.74) is 1.01. The number of nitrogens with zero attached hydrogens (tertiary/aromatic N) is 3. The predicted octanol–water partition coefficient (Wildman–Crippen LogP) is 3.05. The highest BCUT2D eigenvalue weighted by Gasteiger charge is 2.29. The van der Waals surface area contributed by atoms with E-state index in [9.17, 15) is 14.9 Å². The van der Waals surface area contributed by atoms with E-state index in [1.54, 1.807) is 19.1 Å². The van der Waals surface area contributed by atoms with E-state index in [4.69, 9.17) is 0 Å². The van der Waals surface area contributed by atoms with Crippen molar-refractivity contribution < 1.29 is 9.72 Å². The van der Waals surface area contributed by atoms with Crippen LogP contribution in [0, 0.1) is 22.0 Å². The molecule has 0 bridgehead atoms. The van der Waals surface area contributed by atoms with E-state index >= 15 is 0 Å². The number of anilines is 1. The van der Waals surface area contributed by atoms with Gasteiger partial charge >= 0.3 is 0 Å². The molecule has 6 heteroatoms. The van der Waals surface area contributed by atoms with E-state index in [1.165, 1.54) is 12.1 Å². The van der Waals surface area contributed by atoms with Crippen molar-refractivity contribution in [3.63, 3.8) is 0 Å². The Labute approximate surface area is 136 Å². The van der Waals surface area contributed by atoms with Crippen molar-refractivity contribution in [3.05, 3.63) is 46.3 Å². The summed E-state index contributed by atoms with van der Waals surface area (Å²) in [6.07, 6.45) is 2.68. The van der Waals surface area contributed by atoms with Gasteiger partial charge in [0.25, 0.3) is 5.69 Å². The highest BCUT2D eigenvalue weighted by Crippen LogP contribution is 2.33. The number of hydrogen-bond donors (Lipinski definition) is 0. The Morgan fingerprint density at radius 1 is 1.35 bits per heavy atom. The molecule has 0 amide bonds. The SMILES string of the molecule is CC(=O)CC1C=C(N(C)C)N(c2ccc([N+](=O)[O-])cc2)CC1C. The number of non-ortho nitro benzene ring substituents is 1. The van der Waals surface area contributed by atoms with Crippen LogP contribution in [0.5, 0.6) is 0 Å². The van der Waals surface area contributed by atoms with Crippen LogP contribution in [0.2, 0.25) is 0 Å². The summed E-state index contributed by atoms with van der Waals surface area (Å²) in [5, 5.41) is 10.8. The Balaban J connectivity index is 2.33. The van der Waals surface area contributed by atoms with E-state index in [1.807, 2.05) is 19.0 Å². The van der Waals surface area contributed by atoms with Gasteiger partial charge in [-0.3, -0.25) is 10.1 Å². The lowest BCUT2D eigenvalue weighted by atomic mass is 9.86. The fourth-order valence-corrected chi connectivity index (χ4v) is 2.94. The Morgan fingerprint density at radius 2 is 1.96 bits per heavy atom. The van der Waals surface area contributed by atoms with Gasteiger partial charge in [0.1, 0.15) is 11.6 Å². The molecule has 0 fully saturated rings. The topological polar surface area (TPSA) is 66.7 Å². The van der Waals surface area contributed by atoms with Gasteiger partial charge in [0.2, 0.25) is 0 Å². The summed E-state index contributed by atoms with van der Waals surface area (Å²) < 4.78 is 0. The molecule has 0 aliphatic carbocycles. The zero-order chi connectivity index (χ0) is 17.1. The van der Waals surface area contributed by atoms with Gasteiger partial charge in [-0.15, -0.1) is 0 Å². The number of hydrogen-bond acceptors (Lipinski definition) is 5. The lowest BCUT2D eigenvalue weighted by molar-refractivity contribution is -0.384. The zero-order valence-electron chi connectivity index (χ0n) is 14.0. The lowest BCUT2D eigenvalue weighted by Gasteiger charge is -2.40. The zero-order valence-corrected chi connectivity index (χ0v) is 14.0. The fourth-order valence-electron chi connectivity index (χ4n) is 2.94. The standard InChI is InChI=1S/C17H23N3O3/c1-12-11-19(15-5-7-16(8-6-15)20(22)23)17(18(3)4)10-14(12)9-13(2)21/h5-8,10,12,14H,9,11H2,1-4H3. The second-order valence-corrected chi connectivity index (χ2v) is 6.35. The van der Waals surface area contributed by atoms with E-state index < -0.39 is 4.92 Å². The number of benzene rings is 1. The van der Waals surface area contributed by atoms with Crippen molar-refractivity contribution in [1.82, 2.24) is 4.90 Å². The number of ketones is 1. The van der Waals surface area contributed by atoms with Gasteiger partial charge in [0.05, 0.1) is 4.92 Å². The van der Waals surface area contributed by atoms with Crippen molar-refractivity contribution in [2.24, 2.45) is 11.8 Å². The molecule has 0 aromatic heterocycles. The smallest absolute Gasteiger partial charge is 0.269 e. The molecule has 2 atom stereocenters. The van der Waals surface area contributed by atoms with Crippen LogP contribution in [0.25, 0.3) is 0 Å². The number of carbonyl (C=O) groups is 1. The van der Waals surface area contributed by atoms with Crippen molar-refractivity contribution in [1.29, 1.82) is 0 Å². The summed E-state index contributed by atoms with van der Waals surface area (Å²) in [7, 11) is 3.93. The number of nitro groups is 1. The van der Waals surface area contributed by atoms with E-state index in [-0.39, 0.29) is 17.4 Å². The molecule has 0 saturated carbocycles. The molecular formula is C17H23N3O3. The molecule has 1 aliphatic rings. The maximum absolute atomic E-state index is 11.5. The highest BCUT2D eigenvalue weighted by atomic mass is 16.6. The highest BCUT2D eigenvalue weighted by molar-refractivity contribution is 5.76. The Morgan fingerprint density at radius 3 is 2.43 bits per heavy atom. The molecule has 1 aliphatic heterocycles. The number of rotatable bonds is 5. The van der Waals surface area contributed by atoms with Crippen LogP contribution in [0.1, 0.15) is 20.3 Å². The molecule has 0 N–H and O–H groups in total. The van der Waals surface area contributed by atoms with Gasteiger partial charge in [-0.25, -0.2) is 0 Å². The molecule has 1 heterocycles. The lowest BCUT2D eigenvalue weighted by Crippen LogP contribution is -2.41. The van der Waals surface area contributed by atoms with Crippen LogP contribution in [0.4, 0.5) is 11.4 Å². The first-order valence-corrected chi connectivity index (χ1v) is 7.70. The molecule has 0 spiro atoms. The van der Waals surface area contributed by atoms with Crippen LogP contribution in [0.3, 0.4) is 0 Å². The molecule has 6 nitrogen and oxygen atoms in total. The van der Waals surface area contributed by atoms with E-state index in [0.717, 1.165) is 18.1 Å². The molecule has 124 valence electrons. The summed E-state index contributed by atoms with van der Waals surface area (Å²) >= 11 is 0. The fraction of sp³-hybridized carbons (Fsp3) is 0.471. The number of carbonyl (C=O) groups excluding carboxylic acids is 1. The Hall–Kier alpha value is -2.37. The monoisotopic (exact) mass is 317 g/mol. The molecule has 0 saturated heterocycles. The van der Waals surface area contributed by atoms with Crippen molar-refractivity contribution in [3.8, 4) is 0 Å². The first-order valence-electron chi connectivity index (χ1n) is 7.70. The quantitative estimate of drug-likeness (QED) is 0.617. The largest absolute Gasteiger partial charge is 0.364 e. The Bertz CT molecular complexity index is 622. The number of allylic oxidation sites excluding steroid dienone is 1. The van der Waals surface area contributed by atoms with Crippen LogP contribution < -0.4 is 4.90 Å². The second kappa shape index (κ2) is 6.81. The summed E-state index contributed by atoms with van der Waals surface area (Å²) in [6.45, 7) is 4.54. The maximum Gasteiger partial charge on any atom is 0.269 e. The average molecular weight is 317 g/mol. The van der Waals surface area contributed by atoms with Crippen molar-refractivity contribution in [2.75, 3.05) is 25.5 Å². The molecular weight excluding hydrogens is 294 g/mol. The third-order valence-corrected chi connectivity index (χ3v) is 4.19. The van der Waals surface area contributed by atoms with Gasteiger partial charge in [-0.05, 0) is 37.0 Å². The second-order valence-electron chi connectivity index (χ2n) is 6.35. The van der Waals surface area contributed by atoms with Crippen LogP contribution >= 0.6 is 0 Å². The third kappa shape index (κ3) is 3.88. The average Bonchev–Trinajstić information content (AvgIpc) is 2.48. The van der Waals surface area contributed by atoms with Crippen molar-refractivity contribution in [2.45, 2.75) is 20.3 Å². The Kier molecular flexibility index (Phi) is 5.03. The van der Waals surface area contributed by atoms with Gasteiger partial charge in [0.15, 0.2) is 0 Å². The first kappa shape index (κ1) is 17.0. The molecule has 23 heavy (non-hydrogen) atoms. The molecule has 0 radical (unpaired) electrons. The van der Waals surface area contributed by atoms with Gasteiger partial charge in [-0.1, -0.05) is 6.92 Å². The summed E-state index contributed by atoms with van der Waals surface area (Å²) in [6, 6.07) is 6.59. The third-order valence-electron chi connectivity index (χ3n) is 4.19. The minimum absolute atomic E-state index is 0.0867. The van der Waals surface area contributed by atoms with Crippen LogP contribution in [-0.4, -0.2) is 36.2 Å². The van der Waals surface area contributed by atoms with E-state index in [2.05, 4.69) is 17.9 Å². The maximum atomic E-state index is 11.5. The van der Waals surface area contributed by atoms with Gasteiger partial charge in [-0.2, -0.15) is 0 Å². The van der Waals surface area contributed by atoms with Gasteiger partial charge < -0.3 is 14.6 Å². The minimum atomic E-state index is -0.395. The van der Waals surface area contributed by atoms with Crippen LogP contribution in [0.15, 0.2) is 36.2 Å². The number of nitro benzene ring substituents is 1. The summed E-state index contributed by atoms with van der Waals surface area (Å²) in [5.74, 6) is 1.76. The molecule has 2 rings (SSSR count). The first-order chi connectivity index (χ1) is 10.8. The van der Waals surface area contributed by atoms with Gasteiger partial charge in [0, 0.05) is 44.9 Å². The minimum Gasteiger partial charge on any atom is -0.364 e. The molecule has 1 aromatic rings.